The van der Waals surface area contributed by atoms with Crippen molar-refractivity contribution in [2.75, 3.05) is 55.2 Å². The molecule has 0 amide bonds. The van der Waals surface area contributed by atoms with Crippen molar-refractivity contribution in [3.05, 3.63) is 0 Å². The van der Waals surface area contributed by atoms with Gasteiger partial charge in [-0.2, -0.15) is 15.0 Å². The average Bonchev–Trinajstić information content (AvgIpc) is 2.86. The van der Waals surface area contributed by atoms with Gasteiger partial charge in [0.15, 0.2) is 0 Å². The Labute approximate surface area is 215 Å². The first-order valence-electron chi connectivity index (χ1n) is 13.3. The predicted molar refractivity (Wildman–Crippen MR) is 145 cm³/mol. The third-order valence-corrected chi connectivity index (χ3v) is 7.55. The summed E-state index contributed by atoms with van der Waals surface area (Å²) >= 11 is 0. The fourth-order valence-corrected chi connectivity index (χ4v) is 5.23. The monoisotopic (exact) mass is 498 g/mol. The van der Waals surface area contributed by atoms with E-state index in [0.29, 0.717) is 17.8 Å². The Hall–Kier alpha value is -1.93. The zero-order chi connectivity index (χ0) is 25.5. The van der Waals surface area contributed by atoms with Gasteiger partial charge < -0.3 is 45.2 Å². The fourth-order valence-electron chi connectivity index (χ4n) is 5.23. The third kappa shape index (κ3) is 7.79. The summed E-state index contributed by atoms with van der Waals surface area (Å²) in [5.74, 6) is 1.66. The molecule has 195 valence electrons. The molecule has 0 unspecified atom stereocenters. The molecule has 0 aromatic carbocycles. The van der Waals surface area contributed by atoms with Crippen LogP contribution >= 0.6 is 0 Å². The topological polar surface area (TPSA) is 142 Å². The Morgan fingerprint density at radius 1 is 0.722 bits per heavy atom. The molecule has 1 aromatic rings. The number of hydrogen-bond acceptors (Lipinski definition) is 12. The van der Waals surface area contributed by atoms with Crippen LogP contribution in [0.2, 0.25) is 13.6 Å². The first-order valence-corrected chi connectivity index (χ1v) is 13.3. The normalized spacial score (nSPS) is 21.7. The van der Waals surface area contributed by atoms with E-state index in [2.05, 4.69) is 25.6 Å². The third-order valence-electron chi connectivity index (χ3n) is 7.55. The van der Waals surface area contributed by atoms with Gasteiger partial charge in [-0.25, -0.2) is 0 Å². The van der Waals surface area contributed by atoms with E-state index in [1.54, 1.807) is 7.41 Å². The quantitative estimate of drug-likeness (QED) is 0.211. The van der Waals surface area contributed by atoms with Crippen LogP contribution in [0, 0.1) is 0 Å². The summed E-state index contributed by atoms with van der Waals surface area (Å²) in [5, 5.41) is 30.2. The Bertz CT molecular complexity index is 784. The molecular formula is C21H39B3N9O3. The van der Waals surface area contributed by atoms with E-state index in [4.69, 9.17) is 15.0 Å². The number of rotatable bonds is 10. The van der Waals surface area contributed by atoms with Crippen LogP contribution in [0.15, 0.2) is 0 Å². The number of carbonyl (C=O) groups is 1. The first-order chi connectivity index (χ1) is 17.4. The predicted octanol–water partition coefficient (Wildman–Crippen LogP) is -0.469. The van der Waals surface area contributed by atoms with Crippen LogP contribution in [-0.2, 0) is 4.79 Å². The summed E-state index contributed by atoms with van der Waals surface area (Å²) < 4.78 is 0. The molecule has 3 saturated heterocycles. The number of nitrogens with one attached hydrogen (secondary N) is 3. The van der Waals surface area contributed by atoms with Crippen molar-refractivity contribution in [1.29, 1.82) is 0 Å². The molecule has 0 saturated carbocycles. The van der Waals surface area contributed by atoms with Gasteiger partial charge in [-0.15, -0.1) is 0 Å². The molecule has 0 aliphatic carbocycles. The molecule has 5 N–H and O–H groups in total. The number of hydrogen-bond donors (Lipinski definition) is 5. The highest BCUT2D eigenvalue weighted by Crippen LogP contribution is 2.21. The molecule has 15 heteroatoms. The van der Waals surface area contributed by atoms with Crippen molar-refractivity contribution in [1.82, 2.24) is 29.4 Å². The molecule has 4 rings (SSSR count). The largest absolute Gasteiger partial charge is 0.437 e. The molecule has 0 atom stereocenters. The van der Waals surface area contributed by atoms with E-state index in [1.807, 2.05) is 18.5 Å². The Morgan fingerprint density at radius 3 is 1.36 bits per heavy atom. The van der Waals surface area contributed by atoms with Crippen molar-refractivity contribution in [3.63, 3.8) is 0 Å². The summed E-state index contributed by atoms with van der Waals surface area (Å²) in [4.78, 5) is 31.0. The van der Waals surface area contributed by atoms with Crippen LogP contribution in [0.1, 0.15) is 38.5 Å². The van der Waals surface area contributed by atoms with Gasteiger partial charge in [0.1, 0.15) is 0 Å². The molecule has 36 heavy (non-hydrogen) atoms. The van der Waals surface area contributed by atoms with E-state index in [0.717, 1.165) is 84.0 Å². The lowest BCUT2D eigenvalue weighted by molar-refractivity contribution is 0.297. The average molecular weight is 498 g/mol. The minimum atomic E-state index is -0.425. The van der Waals surface area contributed by atoms with Crippen molar-refractivity contribution in [3.8, 4) is 0 Å². The van der Waals surface area contributed by atoms with E-state index in [9.17, 15) is 14.8 Å². The van der Waals surface area contributed by atoms with Crippen LogP contribution in [0.4, 0.5) is 17.8 Å². The molecule has 1 aromatic heterocycles. The summed E-state index contributed by atoms with van der Waals surface area (Å²) in [6.07, 6.45) is 6.27. The van der Waals surface area contributed by atoms with Crippen LogP contribution in [0.25, 0.3) is 0 Å². The lowest BCUT2D eigenvalue weighted by Crippen LogP contribution is -2.46. The Balaban J connectivity index is 1.41. The maximum atomic E-state index is 10.8. The summed E-state index contributed by atoms with van der Waals surface area (Å²) in [7, 11) is 0.755. The molecule has 4 heterocycles. The van der Waals surface area contributed by atoms with Gasteiger partial charge in [-0.05, 0) is 91.4 Å². The molecule has 3 fully saturated rings. The van der Waals surface area contributed by atoms with Crippen molar-refractivity contribution in [2.45, 2.75) is 70.3 Å². The van der Waals surface area contributed by atoms with Gasteiger partial charge in [0, 0.05) is 18.1 Å². The molecule has 0 bridgehead atoms. The van der Waals surface area contributed by atoms with Gasteiger partial charge in [0.05, 0.1) is 6.19 Å². The number of aromatic nitrogens is 3. The first kappa shape index (κ1) is 27.1. The van der Waals surface area contributed by atoms with Crippen LogP contribution in [0.5, 0.6) is 0 Å². The molecule has 12 nitrogen and oxygen atoms in total. The lowest BCUT2D eigenvalue weighted by Gasteiger charge is -2.34. The van der Waals surface area contributed by atoms with E-state index >= 15 is 0 Å². The Morgan fingerprint density at radius 2 is 1.06 bits per heavy atom. The summed E-state index contributed by atoms with van der Waals surface area (Å²) in [5.41, 5.74) is 0. The van der Waals surface area contributed by atoms with Crippen LogP contribution in [-0.4, -0.2) is 125 Å². The molecule has 3 aliphatic rings. The second-order valence-corrected chi connectivity index (χ2v) is 10.2. The SMILES string of the molecule is CB(O)N1CCC(Nc2nc(NC3CCN([B]C=O)CC3)nc(NC3CCN(B(C)O)CC3)n2)CC1. The van der Waals surface area contributed by atoms with Gasteiger partial charge in [0.25, 0.3) is 7.41 Å². The highest BCUT2D eigenvalue weighted by Gasteiger charge is 2.27. The van der Waals surface area contributed by atoms with Crippen LogP contribution < -0.4 is 16.0 Å². The van der Waals surface area contributed by atoms with E-state index in [1.165, 1.54) is 0 Å². The smallest absolute Gasteiger partial charge is 0.376 e. The van der Waals surface area contributed by atoms with E-state index < -0.39 is 14.1 Å². The molecule has 0 spiro atoms. The van der Waals surface area contributed by atoms with Gasteiger partial charge in [-0.1, -0.05) is 0 Å². The van der Waals surface area contributed by atoms with Gasteiger partial charge in [0.2, 0.25) is 17.8 Å². The zero-order valence-corrected chi connectivity index (χ0v) is 21.5. The molecular weight excluding hydrogens is 459 g/mol. The minimum absolute atomic E-state index is 0.230. The number of carbonyl (C=O) groups excluding carboxylic acids is 1. The van der Waals surface area contributed by atoms with Gasteiger partial charge in [-0.3, -0.25) is 0 Å². The number of anilines is 3. The van der Waals surface area contributed by atoms with Gasteiger partial charge >= 0.3 is 14.1 Å². The second kappa shape index (κ2) is 13.0. The molecule has 3 aliphatic heterocycles. The van der Waals surface area contributed by atoms with Crippen molar-refractivity contribution < 1.29 is 14.8 Å². The van der Waals surface area contributed by atoms with Crippen molar-refractivity contribution >= 4 is 45.5 Å². The fraction of sp³-hybridized carbons (Fsp3) is 0.810. The van der Waals surface area contributed by atoms with E-state index in [-0.39, 0.29) is 18.1 Å². The van der Waals surface area contributed by atoms with Crippen LogP contribution in [0.3, 0.4) is 0 Å². The lowest BCUT2D eigenvalue weighted by atomic mass is 9.82. The summed E-state index contributed by atoms with van der Waals surface area (Å²) in [6.45, 7) is 8.57. The zero-order valence-electron chi connectivity index (χ0n) is 21.5. The van der Waals surface area contributed by atoms with Crippen molar-refractivity contribution in [2.24, 2.45) is 0 Å². The minimum Gasteiger partial charge on any atom is -0.437 e. The standard InChI is InChI=1S/C21H39B3N9O3/c1-23(35)32-11-5-17(6-12-32)26-20-28-19(25-16-3-9-31(10-4-16)22-15-34)29-21(30-20)27-18-7-13-33(14-8-18)24(2)36/h15-18,35-36H,3-14H2,1-2H3,(H3,25,26,27,28,29,30). The number of piperidine rings is 3. The summed E-state index contributed by atoms with van der Waals surface area (Å²) in [6, 6.07) is 0.701. The maximum absolute atomic E-state index is 10.8. The maximum Gasteiger partial charge on any atom is 0.376 e. The second-order valence-electron chi connectivity index (χ2n) is 10.2. The highest BCUT2D eigenvalue weighted by atomic mass is 16.2. The molecule has 1 radical (unpaired) electrons. The number of nitrogens with zero attached hydrogens (tertiary/aromatic N) is 6. The highest BCUT2D eigenvalue weighted by molar-refractivity contribution is 6.64. The Kier molecular flexibility index (Phi) is 9.83.